The molecule has 0 aliphatic rings. The van der Waals surface area contributed by atoms with E-state index in [1.165, 1.54) is 11.8 Å². The lowest BCUT2D eigenvalue weighted by Crippen LogP contribution is -2.07. The maximum Gasteiger partial charge on any atom is 0.315 e. The number of carbonyl (C=O) groups is 1. The summed E-state index contributed by atoms with van der Waals surface area (Å²) in [7, 11) is 1.84. The molecule has 0 radical (unpaired) electrons. The molecule has 19 heavy (non-hydrogen) atoms. The molecule has 0 bridgehead atoms. The maximum absolute atomic E-state index is 11.2. The van der Waals surface area contributed by atoms with Crippen LogP contribution in [-0.4, -0.2) is 35.3 Å². The highest BCUT2D eigenvalue weighted by molar-refractivity contribution is 7.99. The molecule has 0 fully saturated rings. The standard InChI is InChI=1S/C12H15N3O2S2/c1-3-17-10(16)7-18-6-9-14-11(13-2)8-4-5-19-12(8)15-9/h4-5H,3,6-7H2,1-2H3,(H,13,14,15). The van der Waals surface area contributed by atoms with Gasteiger partial charge in [0.05, 0.1) is 23.5 Å². The van der Waals surface area contributed by atoms with Gasteiger partial charge in [-0.05, 0) is 18.4 Å². The first-order chi connectivity index (χ1) is 9.24. The quantitative estimate of drug-likeness (QED) is 0.827. The summed E-state index contributed by atoms with van der Waals surface area (Å²) in [5.74, 6) is 2.29. The molecule has 0 aliphatic carbocycles. The third kappa shape index (κ3) is 3.57. The molecular weight excluding hydrogens is 282 g/mol. The molecule has 5 nitrogen and oxygen atoms in total. The Morgan fingerprint density at radius 3 is 3.11 bits per heavy atom. The second-order valence-corrected chi connectivity index (χ2v) is 5.56. The Kier molecular flexibility index (Phi) is 4.98. The van der Waals surface area contributed by atoms with Crippen molar-refractivity contribution in [2.75, 3.05) is 24.7 Å². The molecule has 0 aliphatic heterocycles. The molecule has 102 valence electrons. The Balaban J connectivity index is 2.02. The fraction of sp³-hybridized carbons (Fsp3) is 0.417. The number of aromatic nitrogens is 2. The number of rotatable bonds is 6. The fourth-order valence-electron chi connectivity index (χ4n) is 1.58. The third-order valence-corrected chi connectivity index (χ3v) is 4.07. The predicted molar refractivity (Wildman–Crippen MR) is 79.8 cm³/mol. The number of fused-ring (bicyclic) bond motifs is 1. The summed E-state index contributed by atoms with van der Waals surface area (Å²) in [6, 6.07) is 2.00. The van der Waals surface area contributed by atoms with E-state index in [0.29, 0.717) is 18.1 Å². The lowest BCUT2D eigenvalue weighted by atomic mass is 10.4. The summed E-state index contributed by atoms with van der Waals surface area (Å²) < 4.78 is 4.87. The number of esters is 1. The van der Waals surface area contributed by atoms with Gasteiger partial charge in [0.25, 0.3) is 0 Å². The van der Waals surface area contributed by atoms with Gasteiger partial charge in [-0.15, -0.1) is 23.1 Å². The smallest absolute Gasteiger partial charge is 0.315 e. The highest BCUT2D eigenvalue weighted by atomic mass is 32.2. The topological polar surface area (TPSA) is 64.1 Å². The van der Waals surface area contributed by atoms with E-state index in [1.54, 1.807) is 18.3 Å². The van der Waals surface area contributed by atoms with Gasteiger partial charge in [-0.2, -0.15) is 0 Å². The van der Waals surface area contributed by atoms with Gasteiger partial charge in [0.1, 0.15) is 16.5 Å². The van der Waals surface area contributed by atoms with Crippen LogP contribution in [-0.2, 0) is 15.3 Å². The van der Waals surface area contributed by atoms with Crippen LogP contribution in [0, 0.1) is 0 Å². The summed E-state index contributed by atoms with van der Waals surface area (Å²) in [5, 5.41) is 6.10. The molecule has 0 saturated carbocycles. The van der Waals surface area contributed by atoms with Crippen LogP contribution >= 0.6 is 23.1 Å². The van der Waals surface area contributed by atoms with Crippen LogP contribution in [0.2, 0.25) is 0 Å². The van der Waals surface area contributed by atoms with Gasteiger partial charge in [-0.1, -0.05) is 0 Å². The average molecular weight is 297 g/mol. The van der Waals surface area contributed by atoms with Crippen molar-refractivity contribution in [3.05, 3.63) is 17.3 Å². The van der Waals surface area contributed by atoms with Crippen molar-refractivity contribution in [2.24, 2.45) is 0 Å². The number of ether oxygens (including phenoxy) is 1. The summed E-state index contributed by atoms with van der Waals surface area (Å²) in [6.07, 6.45) is 0. The number of hydrogen-bond donors (Lipinski definition) is 1. The van der Waals surface area contributed by atoms with E-state index in [9.17, 15) is 4.79 Å². The lowest BCUT2D eigenvalue weighted by Gasteiger charge is -2.05. The zero-order valence-electron chi connectivity index (χ0n) is 10.8. The Bertz CT molecular complexity index is 571. The summed E-state index contributed by atoms with van der Waals surface area (Å²) in [4.78, 5) is 21.1. The van der Waals surface area contributed by atoms with Crippen LogP contribution in [0.1, 0.15) is 12.7 Å². The minimum absolute atomic E-state index is 0.196. The SMILES string of the molecule is CCOC(=O)CSCc1nc(NC)c2ccsc2n1. The van der Waals surface area contributed by atoms with Crippen LogP contribution in [0.3, 0.4) is 0 Å². The second kappa shape index (κ2) is 6.72. The van der Waals surface area contributed by atoms with E-state index in [0.717, 1.165) is 21.9 Å². The molecule has 2 aromatic rings. The van der Waals surface area contributed by atoms with Gasteiger partial charge in [0, 0.05) is 7.05 Å². The van der Waals surface area contributed by atoms with E-state index in [4.69, 9.17) is 4.74 Å². The number of hydrogen-bond acceptors (Lipinski definition) is 7. The largest absolute Gasteiger partial charge is 0.465 e. The van der Waals surface area contributed by atoms with Gasteiger partial charge >= 0.3 is 5.97 Å². The van der Waals surface area contributed by atoms with Gasteiger partial charge in [0.15, 0.2) is 0 Å². The molecule has 0 spiro atoms. The summed E-state index contributed by atoms with van der Waals surface area (Å²) in [6.45, 7) is 2.22. The lowest BCUT2D eigenvalue weighted by molar-refractivity contribution is -0.139. The van der Waals surface area contributed by atoms with Crippen LogP contribution in [0.25, 0.3) is 10.2 Å². The first-order valence-corrected chi connectivity index (χ1v) is 7.93. The average Bonchev–Trinajstić information content (AvgIpc) is 2.86. The fourth-order valence-corrected chi connectivity index (χ4v) is 3.03. The summed E-state index contributed by atoms with van der Waals surface area (Å²) >= 11 is 3.05. The summed E-state index contributed by atoms with van der Waals surface area (Å²) in [5.41, 5.74) is 0. The predicted octanol–water partition coefficient (Wildman–Crippen LogP) is 2.53. The van der Waals surface area contributed by atoms with Crippen molar-refractivity contribution in [2.45, 2.75) is 12.7 Å². The minimum atomic E-state index is -0.196. The van der Waals surface area contributed by atoms with Crippen LogP contribution < -0.4 is 5.32 Å². The van der Waals surface area contributed by atoms with Gasteiger partial charge in [-0.25, -0.2) is 9.97 Å². The second-order valence-electron chi connectivity index (χ2n) is 3.68. The Hall–Kier alpha value is -1.34. The number of nitrogens with one attached hydrogen (secondary N) is 1. The van der Waals surface area contributed by atoms with E-state index in [1.807, 2.05) is 18.5 Å². The molecule has 2 rings (SSSR count). The van der Waals surface area contributed by atoms with Crippen molar-refractivity contribution in [3.63, 3.8) is 0 Å². The van der Waals surface area contributed by atoms with Crippen molar-refractivity contribution in [1.82, 2.24) is 9.97 Å². The molecule has 0 amide bonds. The van der Waals surface area contributed by atoms with E-state index in [2.05, 4.69) is 15.3 Å². The number of thiophene rings is 1. The van der Waals surface area contributed by atoms with E-state index in [-0.39, 0.29) is 5.97 Å². The molecule has 2 heterocycles. The van der Waals surface area contributed by atoms with E-state index < -0.39 is 0 Å². The molecule has 7 heteroatoms. The van der Waals surface area contributed by atoms with Crippen LogP contribution in [0.4, 0.5) is 5.82 Å². The van der Waals surface area contributed by atoms with Gasteiger partial charge in [-0.3, -0.25) is 4.79 Å². The van der Waals surface area contributed by atoms with E-state index >= 15 is 0 Å². The van der Waals surface area contributed by atoms with Crippen molar-refractivity contribution in [1.29, 1.82) is 0 Å². The number of thioether (sulfide) groups is 1. The molecule has 0 unspecified atom stereocenters. The normalized spacial score (nSPS) is 10.6. The maximum atomic E-state index is 11.2. The minimum Gasteiger partial charge on any atom is -0.465 e. The third-order valence-electron chi connectivity index (χ3n) is 2.36. The molecule has 0 atom stereocenters. The number of nitrogens with zero attached hydrogens (tertiary/aromatic N) is 2. The molecule has 1 N–H and O–H groups in total. The Morgan fingerprint density at radius 1 is 1.53 bits per heavy atom. The number of anilines is 1. The van der Waals surface area contributed by atoms with Crippen molar-refractivity contribution >= 4 is 45.1 Å². The first-order valence-electron chi connectivity index (χ1n) is 5.89. The van der Waals surface area contributed by atoms with Gasteiger partial charge in [0.2, 0.25) is 0 Å². The van der Waals surface area contributed by atoms with Crippen molar-refractivity contribution < 1.29 is 9.53 Å². The van der Waals surface area contributed by atoms with Crippen LogP contribution in [0.5, 0.6) is 0 Å². The zero-order valence-corrected chi connectivity index (χ0v) is 12.4. The van der Waals surface area contributed by atoms with Gasteiger partial charge < -0.3 is 10.1 Å². The molecule has 0 saturated heterocycles. The molecule has 2 aromatic heterocycles. The number of carbonyl (C=O) groups excluding carboxylic acids is 1. The zero-order chi connectivity index (χ0) is 13.7. The Morgan fingerprint density at radius 2 is 2.37 bits per heavy atom. The monoisotopic (exact) mass is 297 g/mol. The van der Waals surface area contributed by atoms with Crippen LogP contribution in [0.15, 0.2) is 11.4 Å². The van der Waals surface area contributed by atoms with Crippen molar-refractivity contribution in [3.8, 4) is 0 Å². The Labute approximate surface area is 119 Å². The highest BCUT2D eigenvalue weighted by Crippen LogP contribution is 2.25. The highest BCUT2D eigenvalue weighted by Gasteiger charge is 2.09. The molecule has 0 aromatic carbocycles. The first kappa shape index (κ1) is 14.1. The molecular formula is C12H15N3O2S2.